The maximum absolute atomic E-state index is 9.40. The summed E-state index contributed by atoms with van der Waals surface area (Å²) in [7, 11) is 4.14. The standard InChI is InChI=1S/C16H22N2/c1-4-5-13-6-8-14(9-7-13)15(18(2)3)16(12-17)10-11-16/h6-9,15H,4-5,10-11H2,1-3H3. The first-order valence-electron chi connectivity index (χ1n) is 6.79. The molecule has 1 aromatic rings. The molecule has 1 aliphatic carbocycles. The Hall–Kier alpha value is -1.33. The van der Waals surface area contributed by atoms with Crippen molar-refractivity contribution in [3.05, 3.63) is 35.4 Å². The molecule has 2 rings (SSSR count). The molecule has 2 heteroatoms. The molecule has 1 fully saturated rings. The number of nitriles is 1. The molecule has 0 aliphatic heterocycles. The highest BCUT2D eigenvalue weighted by atomic mass is 15.1. The summed E-state index contributed by atoms with van der Waals surface area (Å²) in [5.74, 6) is 0. The fourth-order valence-electron chi connectivity index (χ4n) is 2.85. The molecule has 1 unspecified atom stereocenters. The van der Waals surface area contributed by atoms with Crippen molar-refractivity contribution in [3.8, 4) is 6.07 Å². The van der Waals surface area contributed by atoms with Gasteiger partial charge in [-0.2, -0.15) is 5.26 Å². The number of hydrogen-bond donors (Lipinski definition) is 0. The Balaban J connectivity index is 2.24. The highest BCUT2D eigenvalue weighted by molar-refractivity contribution is 5.31. The zero-order valence-electron chi connectivity index (χ0n) is 11.6. The lowest BCUT2D eigenvalue weighted by atomic mass is 9.89. The van der Waals surface area contributed by atoms with E-state index in [1.54, 1.807) is 0 Å². The molecule has 96 valence electrons. The lowest BCUT2D eigenvalue weighted by Crippen LogP contribution is -2.27. The third kappa shape index (κ3) is 2.42. The van der Waals surface area contributed by atoms with Crippen molar-refractivity contribution in [2.24, 2.45) is 5.41 Å². The average molecular weight is 242 g/mol. The molecule has 0 bridgehead atoms. The van der Waals surface area contributed by atoms with Crippen LogP contribution in [0.1, 0.15) is 43.4 Å². The Kier molecular flexibility index (Phi) is 3.73. The number of nitrogens with zero attached hydrogens (tertiary/aromatic N) is 2. The molecule has 0 N–H and O–H groups in total. The molecule has 1 aliphatic rings. The van der Waals surface area contributed by atoms with Gasteiger partial charge in [0.25, 0.3) is 0 Å². The molecule has 1 atom stereocenters. The highest BCUT2D eigenvalue weighted by Crippen LogP contribution is 2.56. The van der Waals surface area contributed by atoms with Gasteiger partial charge in [0.2, 0.25) is 0 Å². The lowest BCUT2D eigenvalue weighted by molar-refractivity contribution is 0.232. The summed E-state index contributed by atoms with van der Waals surface area (Å²) < 4.78 is 0. The minimum atomic E-state index is -0.143. The quantitative estimate of drug-likeness (QED) is 0.789. The second-order valence-corrected chi connectivity index (χ2v) is 5.63. The SMILES string of the molecule is CCCc1ccc(C(N(C)C)C2(C#N)CC2)cc1. The number of rotatable bonds is 5. The van der Waals surface area contributed by atoms with Gasteiger partial charge < -0.3 is 4.90 Å². The molecule has 0 aromatic heterocycles. The van der Waals surface area contributed by atoms with Gasteiger partial charge in [0.1, 0.15) is 0 Å². The smallest absolute Gasteiger partial charge is 0.0771 e. The first-order valence-corrected chi connectivity index (χ1v) is 6.79. The largest absolute Gasteiger partial charge is 0.301 e. The van der Waals surface area contributed by atoms with Crippen LogP contribution in [0, 0.1) is 16.7 Å². The molecule has 1 aromatic carbocycles. The van der Waals surface area contributed by atoms with Crippen molar-refractivity contribution in [1.82, 2.24) is 4.90 Å². The van der Waals surface area contributed by atoms with Gasteiger partial charge in [-0.05, 0) is 44.5 Å². The van der Waals surface area contributed by atoms with Gasteiger partial charge in [-0.25, -0.2) is 0 Å². The maximum Gasteiger partial charge on any atom is 0.0771 e. The molecular weight excluding hydrogens is 220 g/mol. The Labute approximate surface area is 110 Å². The first kappa shape index (κ1) is 13.1. The van der Waals surface area contributed by atoms with Crippen molar-refractivity contribution >= 4 is 0 Å². The van der Waals surface area contributed by atoms with Crippen LogP contribution in [0.4, 0.5) is 0 Å². The molecular formula is C16H22N2. The summed E-state index contributed by atoms with van der Waals surface area (Å²) in [6, 6.07) is 11.6. The minimum absolute atomic E-state index is 0.143. The van der Waals surface area contributed by atoms with Crippen molar-refractivity contribution in [1.29, 1.82) is 5.26 Å². The topological polar surface area (TPSA) is 27.0 Å². The number of aryl methyl sites for hydroxylation is 1. The molecule has 0 heterocycles. The van der Waals surface area contributed by atoms with E-state index in [4.69, 9.17) is 0 Å². The predicted molar refractivity (Wildman–Crippen MR) is 74.1 cm³/mol. The lowest BCUT2D eigenvalue weighted by Gasteiger charge is -2.29. The molecule has 0 spiro atoms. The van der Waals surface area contributed by atoms with Gasteiger partial charge in [-0.1, -0.05) is 37.6 Å². The second-order valence-electron chi connectivity index (χ2n) is 5.63. The molecule has 1 saturated carbocycles. The van der Waals surface area contributed by atoms with E-state index in [-0.39, 0.29) is 11.5 Å². The Morgan fingerprint density at radius 2 is 1.89 bits per heavy atom. The zero-order valence-corrected chi connectivity index (χ0v) is 11.6. The summed E-state index contributed by atoms with van der Waals surface area (Å²) >= 11 is 0. The van der Waals surface area contributed by atoms with Gasteiger partial charge in [-0.3, -0.25) is 0 Å². The third-order valence-electron chi connectivity index (χ3n) is 3.89. The Morgan fingerprint density at radius 1 is 1.28 bits per heavy atom. The molecule has 2 nitrogen and oxygen atoms in total. The van der Waals surface area contributed by atoms with Crippen molar-refractivity contribution < 1.29 is 0 Å². The van der Waals surface area contributed by atoms with Crippen LogP contribution in [0.2, 0.25) is 0 Å². The van der Waals surface area contributed by atoms with Crippen LogP contribution in [0.25, 0.3) is 0 Å². The van der Waals surface area contributed by atoms with Gasteiger partial charge in [0.05, 0.1) is 17.5 Å². The summed E-state index contributed by atoms with van der Waals surface area (Å²) in [6.45, 7) is 2.20. The van der Waals surface area contributed by atoms with Crippen molar-refractivity contribution in [2.45, 2.75) is 38.6 Å². The number of hydrogen-bond acceptors (Lipinski definition) is 2. The van der Waals surface area contributed by atoms with Crippen LogP contribution >= 0.6 is 0 Å². The maximum atomic E-state index is 9.40. The Bertz CT molecular complexity index is 435. The summed E-state index contributed by atoms with van der Waals surface area (Å²) in [6.07, 6.45) is 4.38. The monoisotopic (exact) mass is 242 g/mol. The molecule has 0 amide bonds. The van der Waals surface area contributed by atoms with E-state index in [1.165, 1.54) is 17.5 Å². The molecule has 18 heavy (non-hydrogen) atoms. The van der Waals surface area contributed by atoms with Gasteiger partial charge in [0, 0.05) is 0 Å². The van der Waals surface area contributed by atoms with Crippen LogP contribution in [0.15, 0.2) is 24.3 Å². The van der Waals surface area contributed by atoms with Gasteiger partial charge in [-0.15, -0.1) is 0 Å². The van der Waals surface area contributed by atoms with E-state index in [9.17, 15) is 5.26 Å². The van der Waals surface area contributed by atoms with E-state index in [0.29, 0.717) is 0 Å². The molecule has 0 radical (unpaired) electrons. The summed E-state index contributed by atoms with van der Waals surface area (Å²) in [5, 5.41) is 9.40. The number of benzene rings is 1. The van der Waals surface area contributed by atoms with Gasteiger partial charge in [0.15, 0.2) is 0 Å². The second kappa shape index (κ2) is 5.12. The normalized spacial score (nSPS) is 18.4. The van der Waals surface area contributed by atoms with Crippen molar-refractivity contribution in [3.63, 3.8) is 0 Å². The Morgan fingerprint density at radius 3 is 2.28 bits per heavy atom. The van der Waals surface area contributed by atoms with Gasteiger partial charge >= 0.3 is 0 Å². The zero-order chi connectivity index (χ0) is 13.2. The van der Waals surface area contributed by atoms with E-state index >= 15 is 0 Å². The van der Waals surface area contributed by atoms with E-state index in [2.05, 4.69) is 56.3 Å². The van der Waals surface area contributed by atoms with Crippen LogP contribution in [0.5, 0.6) is 0 Å². The highest BCUT2D eigenvalue weighted by Gasteiger charge is 2.51. The summed E-state index contributed by atoms with van der Waals surface area (Å²) in [5.41, 5.74) is 2.52. The van der Waals surface area contributed by atoms with Crippen LogP contribution in [-0.4, -0.2) is 19.0 Å². The van der Waals surface area contributed by atoms with Crippen LogP contribution in [-0.2, 0) is 6.42 Å². The van der Waals surface area contributed by atoms with E-state index in [0.717, 1.165) is 19.3 Å². The van der Waals surface area contributed by atoms with Crippen LogP contribution < -0.4 is 0 Å². The summed E-state index contributed by atoms with van der Waals surface area (Å²) in [4.78, 5) is 2.19. The van der Waals surface area contributed by atoms with E-state index < -0.39 is 0 Å². The first-order chi connectivity index (χ1) is 8.63. The minimum Gasteiger partial charge on any atom is -0.301 e. The predicted octanol–water partition coefficient (Wildman–Crippen LogP) is 3.55. The van der Waals surface area contributed by atoms with E-state index in [1.807, 2.05) is 0 Å². The fraction of sp³-hybridized carbons (Fsp3) is 0.562. The third-order valence-corrected chi connectivity index (χ3v) is 3.89. The van der Waals surface area contributed by atoms with Crippen LogP contribution in [0.3, 0.4) is 0 Å². The molecule has 0 saturated heterocycles. The van der Waals surface area contributed by atoms with Crippen molar-refractivity contribution in [2.75, 3.05) is 14.1 Å². The fourth-order valence-corrected chi connectivity index (χ4v) is 2.85. The average Bonchev–Trinajstić information content (AvgIpc) is 3.13.